The molecule has 0 aromatic carbocycles. The Kier molecular flexibility index (Phi) is 3.50. The number of nitrogen functional groups attached to an aromatic ring is 1. The molecule has 3 N–H and O–H groups in total. The topological polar surface area (TPSA) is 68.2 Å². The number of nitrogens with one attached hydrogen (secondary N) is 1. The molecule has 9 heteroatoms. The van der Waals surface area contributed by atoms with Gasteiger partial charge in [0.05, 0.1) is 6.20 Å². The van der Waals surface area contributed by atoms with Crippen molar-refractivity contribution in [3.63, 3.8) is 0 Å². The van der Waals surface area contributed by atoms with Crippen molar-refractivity contribution in [3.05, 3.63) is 18.6 Å². The van der Waals surface area contributed by atoms with Crippen molar-refractivity contribution in [1.82, 2.24) is 14.4 Å². The van der Waals surface area contributed by atoms with E-state index in [1.807, 2.05) is 0 Å². The van der Waals surface area contributed by atoms with Gasteiger partial charge in [-0.1, -0.05) is 0 Å². The number of thioether (sulfide) groups is 1. The fourth-order valence-corrected chi connectivity index (χ4v) is 1.84. The zero-order valence-electron chi connectivity index (χ0n) is 9.11. The number of halogens is 3. The zero-order chi connectivity index (χ0) is 13.2. The number of aromatic nitrogens is 3. The Morgan fingerprint density at radius 2 is 2.22 bits per heavy atom. The standard InChI is InChI=1S/C9H10F3N5S/c10-9(11,12)18-4-2-14-7-8-15-1-3-17(8)5-6(13)16-7/h1,3,5H,2,4,13H2,(H,14,16). The van der Waals surface area contributed by atoms with Crippen LogP contribution in [0.1, 0.15) is 0 Å². The molecule has 18 heavy (non-hydrogen) atoms. The third-order valence-corrected chi connectivity index (χ3v) is 2.79. The fourth-order valence-electron chi connectivity index (χ4n) is 1.41. The lowest BCUT2D eigenvalue weighted by Crippen LogP contribution is -2.12. The van der Waals surface area contributed by atoms with E-state index in [2.05, 4.69) is 15.3 Å². The van der Waals surface area contributed by atoms with Gasteiger partial charge < -0.3 is 15.5 Å². The van der Waals surface area contributed by atoms with Crippen LogP contribution in [-0.4, -0.2) is 32.2 Å². The van der Waals surface area contributed by atoms with Gasteiger partial charge in [-0.2, -0.15) is 13.2 Å². The van der Waals surface area contributed by atoms with Gasteiger partial charge in [-0.05, 0) is 11.8 Å². The molecule has 0 saturated heterocycles. The van der Waals surface area contributed by atoms with E-state index in [-0.39, 0.29) is 29.9 Å². The van der Waals surface area contributed by atoms with Crippen LogP contribution in [0.25, 0.3) is 5.65 Å². The van der Waals surface area contributed by atoms with Crippen LogP contribution in [0.15, 0.2) is 18.6 Å². The molecule has 0 atom stereocenters. The molecular formula is C9H10F3N5S. The first-order valence-corrected chi connectivity index (χ1v) is 5.98. The molecule has 0 aliphatic rings. The molecule has 98 valence electrons. The number of imidazole rings is 1. The maximum atomic E-state index is 11.9. The molecule has 2 heterocycles. The molecule has 0 radical (unpaired) electrons. The smallest absolute Gasteiger partial charge is 0.382 e. The van der Waals surface area contributed by atoms with Crippen LogP contribution in [0.3, 0.4) is 0 Å². The summed E-state index contributed by atoms with van der Waals surface area (Å²) in [6.07, 6.45) is 4.83. The number of fused-ring (bicyclic) bond motifs is 1. The normalized spacial score (nSPS) is 11.9. The van der Waals surface area contributed by atoms with Crippen molar-refractivity contribution < 1.29 is 13.2 Å². The number of nitrogens with two attached hydrogens (primary N) is 1. The minimum absolute atomic E-state index is 0.0843. The number of anilines is 2. The molecular weight excluding hydrogens is 267 g/mol. The predicted octanol–water partition coefficient (Wildman–Crippen LogP) is 1.98. The molecule has 0 amide bonds. The van der Waals surface area contributed by atoms with Crippen LogP contribution in [0.5, 0.6) is 0 Å². The maximum absolute atomic E-state index is 11.9. The Morgan fingerprint density at radius 3 is 2.94 bits per heavy atom. The van der Waals surface area contributed by atoms with E-state index < -0.39 is 5.51 Å². The highest BCUT2D eigenvalue weighted by atomic mass is 32.2. The van der Waals surface area contributed by atoms with Crippen molar-refractivity contribution in [2.75, 3.05) is 23.3 Å². The highest BCUT2D eigenvalue weighted by Crippen LogP contribution is 2.29. The second kappa shape index (κ2) is 4.92. The largest absolute Gasteiger partial charge is 0.441 e. The summed E-state index contributed by atoms with van der Waals surface area (Å²) in [7, 11) is 0. The summed E-state index contributed by atoms with van der Waals surface area (Å²) in [5.74, 6) is 0.543. The summed E-state index contributed by atoms with van der Waals surface area (Å²) in [5.41, 5.74) is 1.89. The van der Waals surface area contributed by atoms with Gasteiger partial charge in [-0.15, -0.1) is 0 Å². The lowest BCUT2D eigenvalue weighted by molar-refractivity contribution is -0.0327. The van der Waals surface area contributed by atoms with Crippen molar-refractivity contribution >= 4 is 29.0 Å². The SMILES string of the molecule is Nc1cn2ccnc2c(NCCSC(F)(F)F)n1. The van der Waals surface area contributed by atoms with E-state index in [1.54, 1.807) is 23.0 Å². The Bertz CT molecular complexity index is 538. The highest BCUT2D eigenvalue weighted by molar-refractivity contribution is 8.00. The van der Waals surface area contributed by atoms with Crippen molar-refractivity contribution in [2.45, 2.75) is 5.51 Å². The summed E-state index contributed by atoms with van der Waals surface area (Å²) in [5, 5.41) is 2.79. The Morgan fingerprint density at radius 1 is 1.44 bits per heavy atom. The van der Waals surface area contributed by atoms with Crippen molar-refractivity contribution in [2.24, 2.45) is 0 Å². The fraction of sp³-hybridized carbons (Fsp3) is 0.333. The molecule has 0 spiro atoms. The molecule has 0 bridgehead atoms. The first kappa shape index (κ1) is 12.8. The Balaban J connectivity index is 2.01. The molecule has 0 saturated carbocycles. The third-order valence-electron chi connectivity index (χ3n) is 2.05. The molecule has 0 fully saturated rings. The molecule has 0 unspecified atom stereocenters. The molecule has 2 rings (SSSR count). The number of hydrogen-bond acceptors (Lipinski definition) is 5. The molecule has 2 aromatic rings. The first-order valence-electron chi connectivity index (χ1n) is 4.99. The van der Waals surface area contributed by atoms with Gasteiger partial charge in [0.1, 0.15) is 5.82 Å². The predicted molar refractivity (Wildman–Crippen MR) is 64.4 cm³/mol. The van der Waals surface area contributed by atoms with Gasteiger partial charge in [0.25, 0.3) is 0 Å². The first-order chi connectivity index (χ1) is 8.46. The van der Waals surface area contributed by atoms with Gasteiger partial charge in [-0.3, -0.25) is 0 Å². The number of hydrogen-bond donors (Lipinski definition) is 2. The average molecular weight is 277 g/mol. The number of alkyl halides is 3. The molecule has 2 aromatic heterocycles. The summed E-state index contributed by atoms with van der Waals surface area (Å²) in [6, 6.07) is 0. The van der Waals surface area contributed by atoms with Crippen LogP contribution in [0.4, 0.5) is 24.8 Å². The van der Waals surface area contributed by atoms with E-state index in [4.69, 9.17) is 5.73 Å². The second-order valence-corrected chi connectivity index (χ2v) is 4.55. The minimum atomic E-state index is -4.21. The lowest BCUT2D eigenvalue weighted by atomic mass is 10.5. The summed E-state index contributed by atoms with van der Waals surface area (Å²) in [6.45, 7) is 0.128. The quantitative estimate of drug-likeness (QED) is 0.836. The van der Waals surface area contributed by atoms with Crippen LogP contribution in [-0.2, 0) is 0 Å². The van der Waals surface area contributed by atoms with Gasteiger partial charge >= 0.3 is 5.51 Å². The van der Waals surface area contributed by atoms with E-state index in [9.17, 15) is 13.2 Å². The molecule has 0 aliphatic heterocycles. The number of rotatable bonds is 4. The van der Waals surface area contributed by atoms with Gasteiger partial charge in [-0.25, -0.2) is 9.97 Å². The second-order valence-electron chi connectivity index (χ2n) is 3.39. The summed E-state index contributed by atoms with van der Waals surface area (Å²) < 4.78 is 37.5. The van der Waals surface area contributed by atoms with Crippen LogP contribution < -0.4 is 11.1 Å². The van der Waals surface area contributed by atoms with E-state index in [0.717, 1.165) is 0 Å². The van der Waals surface area contributed by atoms with Gasteiger partial charge in [0.15, 0.2) is 11.5 Å². The van der Waals surface area contributed by atoms with Gasteiger partial charge in [0.2, 0.25) is 0 Å². The van der Waals surface area contributed by atoms with E-state index >= 15 is 0 Å². The van der Waals surface area contributed by atoms with Crippen LogP contribution in [0, 0.1) is 0 Å². The zero-order valence-corrected chi connectivity index (χ0v) is 9.92. The van der Waals surface area contributed by atoms with Crippen molar-refractivity contribution in [1.29, 1.82) is 0 Å². The van der Waals surface area contributed by atoms with E-state index in [0.29, 0.717) is 11.5 Å². The highest BCUT2D eigenvalue weighted by Gasteiger charge is 2.27. The summed E-state index contributed by atoms with van der Waals surface area (Å²) >= 11 is -0.0843. The number of nitrogens with zero attached hydrogens (tertiary/aromatic N) is 3. The Hall–Kier alpha value is -1.64. The average Bonchev–Trinajstić information content (AvgIpc) is 2.70. The van der Waals surface area contributed by atoms with E-state index in [1.165, 1.54) is 0 Å². The molecule has 5 nitrogen and oxygen atoms in total. The summed E-state index contributed by atoms with van der Waals surface area (Å²) in [4.78, 5) is 8.04. The Labute approximate surface area is 105 Å². The minimum Gasteiger partial charge on any atom is -0.382 e. The third kappa shape index (κ3) is 3.19. The van der Waals surface area contributed by atoms with Crippen molar-refractivity contribution in [3.8, 4) is 0 Å². The van der Waals surface area contributed by atoms with Gasteiger partial charge in [0, 0.05) is 24.7 Å². The lowest BCUT2D eigenvalue weighted by Gasteiger charge is -2.08. The monoisotopic (exact) mass is 277 g/mol. The maximum Gasteiger partial charge on any atom is 0.441 e. The molecule has 0 aliphatic carbocycles. The van der Waals surface area contributed by atoms with Crippen LogP contribution >= 0.6 is 11.8 Å². The van der Waals surface area contributed by atoms with Crippen LogP contribution in [0.2, 0.25) is 0 Å².